The third-order valence-electron chi connectivity index (χ3n) is 10.2. The second-order valence-corrected chi connectivity index (χ2v) is 17.2. The van der Waals surface area contributed by atoms with Gasteiger partial charge in [0.05, 0.1) is 44.5 Å². The molecule has 2 unspecified atom stereocenters. The predicted molar refractivity (Wildman–Crippen MR) is 198 cm³/mol. The van der Waals surface area contributed by atoms with Crippen molar-refractivity contribution in [2.45, 2.75) is 49.2 Å². The fraction of sp³-hybridized carbons (Fsp3) is 0.378. The van der Waals surface area contributed by atoms with Crippen LogP contribution < -0.4 is 4.74 Å². The number of likely N-dealkylation sites (tertiary alicyclic amines) is 1. The van der Waals surface area contributed by atoms with Gasteiger partial charge >= 0.3 is 0 Å². The van der Waals surface area contributed by atoms with Gasteiger partial charge in [0.15, 0.2) is 11.2 Å². The SMILES string of the molecule is COc1ccc(COC2(c3ncc(-c4ccnc5c4ccn5S(=O)(=O)C4(C)C=C(Cl)C=CC4c4cnn(CCN5CCCC5)c4)s3)COC2)cc1. The van der Waals surface area contributed by atoms with Gasteiger partial charge in [-0.05, 0) is 80.4 Å². The zero-order valence-electron chi connectivity index (χ0n) is 28.4. The Hall–Kier alpha value is -3.85. The Bertz CT molecular complexity index is 2220. The topological polar surface area (TPSA) is 114 Å². The van der Waals surface area contributed by atoms with Gasteiger partial charge in [-0.2, -0.15) is 5.10 Å². The lowest BCUT2D eigenvalue weighted by Gasteiger charge is -2.39. The van der Waals surface area contributed by atoms with Gasteiger partial charge < -0.3 is 19.1 Å². The number of thiazole rings is 1. The maximum atomic E-state index is 14.8. The summed E-state index contributed by atoms with van der Waals surface area (Å²) in [7, 11) is -2.46. The van der Waals surface area contributed by atoms with Crippen molar-refractivity contribution in [3.63, 3.8) is 0 Å². The Morgan fingerprint density at radius 2 is 1.86 bits per heavy atom. The molecule has 4 aromatic heterocycles. The molecule has 2 fully saturated rings. The van der Waals surface area contributed by atoms with Crippen molar-refractivity contribution in [3.8, 4) is 16.2 Å². The van der Waals surface area contributed by atoms with Gasteiger partial charge in [0, 0.05) is 53.2 Å². The second kappa shape index (κ2) is 13.6. The number of hydrogen-bond acceptors (Lipinski definition) is 10. The van der Waals surface area contributed by atoms with Crippen molar-refractivity contribution in [3.05, 3.63) is 107 Å². The summed E-state index contributed by atoms with van der Waals surface area (Å²) in [4.78, 5) is 12.7. The van der Waals surface area contributed by atoms with Crippen molar-refractivity contribution in [2.75, 3.05) is 40.0 Å². The Balaban J connectivity index is 1.07. The van der Waals surface area contributed by atoms with E-state index in [-0.39, 0.29) is 0 Å². The van der Waals surface area contributed by atoms with E-state index >= 15 is 0 Å². The van der Waals surface area contributed by atoms with Crippen LogP contribution >= 0.6 is 22.9 Å². The number of rotatable bonds is 12. The van der Waals surface area contributed by atoms with Crippen molar-refractivity contribution in [1.82, 2.24) is 28.6 Å². The highest BCUT2D eigenvalue weighted by atomic mass is 35.5. The third kappa shape index (κ3) is 6.23. The Kier molecular flexibility index (Phi) is 9.14. The quantitative estimate of drug-likeness (QED) is 0.145. The number of aromatic nitrogens is 5. The van der Waals surface area contributed by atoms with E-state index in [4.69, 9.17) is 30.8 Å². The summed E-state index contributed by atoms with van der Waals surface area (Å²) < 4.78 is 48.6. The van der Waals surface area contributed by atoms with E-state index in [1.165, 1.54) is 28.2 Å². The van der Waals surface area contributed by atoms with E-state index in [2.05, 4.69) is 15.0 Å². The van der Waals surface area contributed by atoms with Crippen molar-refractivity contribution in [1.29, 1.82) is 0 Å². The van der Waals surface area contributed by atoms with Gasteiger partial charge in [0.1, 0.15) is 15.5 Å². The Labute approximate surface area is 306 Å². The molecule has 5 aromatic rings. The zero-order chi connectivity index (χ0) is 35.2. The lowest BCUT2D eigenvalue weighted by atomic mass is 9.85. The molecule has 0 radical (unpaired) electrons. The molecular weight excluding hydrogens is 708 g/mol. The van der Waals surface area contributed by atoms with Crippen LogP contribution in [0.3, 0.4) is 0 Å². The lowest BCUT2D eigenvalue weighted by Crippen LogP contribution is -2.48. The van der Waals surface area contributed by atoms with Crippen LogP contribution in [0.2, 0.25) is 0 Å². The van der Waals surface area contributed by atoms with Gasteiger partial charge in [0.2, 0.25) is 10.0 Å². The number of hydrogen-bond donors (Lipinski definition) is 0. The number of ether oxygens (including phenoxy) is 3. The molecule has 3 aliphatic rings. The van der Waals surface area contributed by atoms with Crippen molar-refractivity contribution >= 4 is 44.0 Å². The summed E-state index contributed by atoms with van der Waals surface area (Å²) in [5, 5.41) is 6.47. The highest BCUT2D eigenvalue weighted by molar-refractivity contribution is 7.91. The number of benzene rings is 1. The first kappa shape index (κ1) is 34.2. The summed E-state index contributed by atoms with van der Waals surface area (Å²) in [6.07, 6.45) is 16.5. The molecule has 2 atom stereocenters. The van der Waals surface area contributed by atoms with E-state index in [0.29, 0.717) is 35.9 Å². The highest BCUT2D eigenvalue weighted by Gasteiger charge is 2.48. The average Bonchev–Trinajstić information content (AvgIpc) is 3.95. The van der Waals surface area contributed by atoms with E-state index in [1.807, 2.05) is 53.5 Å². The second-order valence-electron chi connectivity index (χ2n) is 13.5. The molecular formula is C37H39ClN6O5S2. The molecule has 14 heteroatoms. The molecule has 1 aromatic carbocycles. The van der Waals surface area contributed by atoms with Crippen LogP contribution in [0.25, 0.3) is 21.5 Å². The fourth-order valence-corrected chi connectivity index (χ4v) is 10.4. The molecule has 0 bridgehead atoms. The fourth-order valence-electron chi connectivity index (χ4n) is 7.12. The summed E-state index contributed by atoms with van der Waals surface area (Å²) >= 11 is 8.04. The Morgan fingerprint density at radius 3 is 2.61 bits per heavy atom. The number of halogens is 1. The number of fused-ring (bicyclic) bond motifs is 1. The first-order valence-corrected chi connectivity index (χ1v) is 19.7. The summed E-state index contributed by atoms with van der Waals surface area (Å²) in [6.45, 7) is 6.80. The molecule has 6 heterocycles. The minimum absolute atomic E-state index is 0.334. The molecule has 0 spiro atoms. The van der Waals surface area contributed by atoms with Crippen molar-refractivity contribution < 1.29 is 22.6 Å². The maximum Gasteiger partial charge on any atom is 0.250 e. The van der Waals surface area contributed by atoms with Gasteiger partial charge in [-0.1, -0.05) is 29.8 Å². The first-order chi connectivity index (χ1) is 24.7. The standard InChI is InChI=1S/C37H39ClN6O5S2/c1-36(19-28(38)7-10-32(36)27-20-41-43(22-27)18-17-42-14-3-4-15-42)51(45,46)44-16-12-31-30(11-13-39-34(31)44)33-21-40-35(50-33)37(24-48-25-37)49-23-26-5-8-29(47-2)9-6-26/h5-13,16,19-22,32H,3-4,14-15,17-18,23-25H2,1-2H3. The molecule has 8 rings (SSSR count). The van der Waals surface area contributed by atoms with Crippen molar-refractivity contribution in [2.24, 2.45) is 0 Å². The molecule has 2 saturated heterocycles. The number of pyridine rings is 1. The molecule has 51 heavy (non-hydrogen) atoms. The number of nitrogens with zero attached hydrogens (tertiary/aromatic N) is 6. The predicted octanol–water partition coefficient (Wildman–Crippen LogP) is 6.32. The van der Waals surface area contributed by atoms with Gasteiger partial charge in [-0.15, -0.1) is 11.3 Å². The molecule has 0 N–H and O–H groups in total. The lowest BCUT2D eigenvalue weighted by molar-refractivity contribution is -0.222. The number of methoxy groups -OCH3 is 1. The van der Waals surface area contributed by atoms with Crippen LogP contribution in [-0.2, 0) is 38.2 Å². The maximum absolute atomic E-state index is 14.8. The van der Waals surface area contributed by atoms with Crippen LogP contribution in [0.15, 0.2) is 90.6 Å². The van der Waals surface area contributed by atoms with Crippen LogP contribution in [0.5, 0.6) is 5.75 Å². The summed E-state index contributed by atoms with van der Waals surface area (Å²) in [5.74, 6) is 0.268. The zero-order valence-corrected chi connectivity index (χ0v) is 30.8. The van der Waals surface area contributed by atoms with Crippen LogP contribution in [0, 0.1) is 0 Å². The minimum Gasteiger partial charge on any atom is -0.497 e. The molecule has 0 amide bonds. The molecule has 266 valence electrons. The Morgan fingerprint density at radius 1 is 1.06 bits per heavy atom. The van der Waals surface area contributed by atoms with E-state index in [0.717, 1.165) is 58.5 Å². The normalized spacial score (nSPS) is 21.9. The number of allylic oxidation sites excluding steroid dienone is 3. The highest BCUT2D eigenvalue weighted by Crippen LogP contribution is 2.45. The molecule has 0 saturated carbocycles. The molecule has 11 nitrogen and oxygen atoms in total. The monoisotopic (exact) mass is 746 g/mol. The smallest absolute Gasteiger partial charge is 0.250 e. The first-order valence-electron chi connectivity index (χ1n) is 17.0. The van der Waals surface area contributed by atoms with Crippen LogP contribution in [0.4, 0.5) is 0 Å². The molecule has 1 aliphatic carbocycles. The third-order valence-corrected chi connectivity index (χ3v) is 14.0. The van der Waals surface area contributed by atoms with E-state index in [1.54, 1.807) is 50.8 Å². The summed E-state index contributed by atoms with van der Waals surface area (Å²) in [6, 6.07) is 11.5. The van der Waals surface area contributed by atoms with Crippen LogP contribution in [-0.4, -0.2) is 81.7 Å². The average molecular weight is 747 g/mol. The molecule has 2 aliphatic heterocycles. The summed E-state index contributed by atoms with van der Waals surface area (Å²) in [5.41, 5.74) is 2.34. The van der Waals surface area contributed by atoms with Gasteiger partial charge in [-0.3, -0.25) is 4.68 Å². The largest absolute Gasteiger partial charge is 0.497 e. The van der Waals surface area contributed by atoms with Crippen LogP contribution in [0.1, 0.15) is 41.8 Å². The van der Waals surface area contributed by atoms with E-state index in [9.17, 15) is 8.42 Å². The minimum atomic E-state index is -4.10. The van der Waals surface area contributed by atoms with Gasteiger partial charge in [0.25, 0.3) is 0 Å². The van der Waals surface area contributed by atoms with E-state index < -0.39 is 26.3 Å². The van der Waals surface area contributed by atoms with Gasteiger partial charge in [-0.25, -0.2) is 22.4 Å².